The number of nitrogens with one attached hydrogen (secondary N) is 2. The Bertz CT molecular complexity index is 631. The number of aryl methyl sites for hydroxylation is 1. The van der Waals surface area contributed by atoms with E-state index < -0.39 is 0 Å². The number of thioether (sulfide) groups is 1. The van der Waals surface area contributed by atoms with Crippen molar-refractivity contribution in [2.75, 3.05) is 5.75 Å². The number of nitrogens with zero attached hydrogens (tertiary/aromatic N) is 1. The highest BCUT2D eigenvalue weighted by molar-refractivity contribution is 7.99. The topological polar surface area (TPSA) is 48.8 Å². The minimum absolute atomic E-state index is 0.144. The maximum Gasteiger partial charge on any atom is 0.317 e. The standard InChI is InChI=1S/C16H21N3OS/c1-19-14-10-6-5-9-13(14)18-16(19)21-11-15(20)17-12-7-3-2-4-8-12/h5-6,9-10,12H,2-4,7-8,11H2,1H3,(H,17,20)/p+1. The van der Waals surface area contributed by atoms with Crippen LogP contribution in [-0.4, -0.2) is 22.7 Å². The maximum absolute atomic E-state index is 12.1. The van der Waals surface area contributed by atoms with E-state index in [1.165, 1.54) is 19.3 Å². The molecule has 0 aliphatic heterocycles. The molecule has 2 aromatic rings. The fourth-order valence-corrected chi connectivity index (χ4v) is 3.79. The van der Waals surface area contributed by atoms with Gasteiger partial charge in [0.2, 0.25) is 5.91 Å². The van der Waals surface area contributed by atoms with E-state index in [2.05, 4.69) is 27.0 Å². The highest BCUT2D eigenvalue weighted by Gasteiger charge is 2.19. The van der Waals surface area contributed by atoms with Crippen LogP contribution in [0.15, 0.2) is 29.4 Å². The van der Waals surface area contributed by atoms with E-state index in [0.29, 0.717) is 11.8 Å². The van der Waals surface area contributed by atoms with Gasteiger partial charge in [-0.05, 0) is 36.7 Å². The summed E-state index contributed by atoms with van der Waals surface area (Å²) in [6.45, 7) is 0. The Hall–Kier alpha value is -1.49. The third-order valence-corrected chi connectivity index (χ3v) is 5.18. The Kier molecular flexibility index (Phi) is 4.48. The van der Waals surface area contributed by atoms with Gasteiger partial charge in [-0.15, -0.1) is 0 Å². The van der Waals surface area contributed by atoms with Crippen molar-refractivity contribution in [2.45, 2.75) is 43.3 Å². The fraction of sp³-hybridized carbons (Fsp3) is 0.500. The molecule has 21 heavy (non-hydrogen) atoms. The second-order valence-corrected chi connectivity index (χ2v) is 6.66. The number of amides is 1. The van der Waals surface area contributed by atoms with Crippen LogP contribution in [-0.2, 0) is 11.8 Å². The molecule has 0 saturated heterocycles. The highest BCUT2D eigenvalue weighted by Crippen LogP contribution is 2.19. The first-order valence-electron chi connectivity index (χ1n) is 7.63. The van der Waals surface area contributed by atoms with Gasteiger partial charge in [0.25, 0.3) is 0 Å². The Morgan fingerprint density at radius 1 is 1.33 bits per heavy atom. The molecule has 4 nitrogen and oxygen atoms in total. The summed E-state index contributed by atoms with van der Waals surface area (Å²) in [6, 6.07) is 8.58. The van der Waals surface area contributed by atoms with Gasteiger partial charge in [0.05, 0.1) is 12.8 Å². The number of hydrogen-bond acceptors (Lipinski definition) is 2. The van der Waals surface area contributed by atoms with Crippen molar-refractivity contribution in [2.24, 2.45) is 7.05 Å². The average Bonchev–Trinajstić information content (AvgIpc) is 2.83. The third-order valence-electron chi connectivity index (χ3n) is 4.12. The van der Waals surface area contributed by atoms with Gasteiger partial charge in [0.15, 0.2) is 11.0 Å². The van der Waals surface area contributed by atoms with Gasteiger partial charge in [-0.1, -0.05) is 31.4 Å². The molecule has 112 valence electrons. The number of aromatic amines is 1. The van der Waals surface area contributed by atoms with Crippen LogP contribution in [0.4, 0.5) is 0 Å². The van der Waals surface area contributed by atoms with Gasteiger partial charge in [0.1, 0.15) is 0 Å². The Morgan fingerprint density at radius 3 is 2.86 bits per heavy atom. The number of imidazole rings is 1. The lowest BCUT2D eigenvalue weighted by Gasteiger charge is -2.22. The first kappa shape index (κ1) is 14.4. The van der Waals surface area contributed by atoms with Gasteiger partial charge in [0, 0.05) is 6.04 Å². The Labute approximate surface area is 129 Å². The highest BCUT2D eigenvalue weighted by atomic mass is 32.2. The van der Waals surface area contributed by atoms with Crippen LogP contribution in [0.5, 0.6) is 0 Å². The van der Waals surface area contributed by atoms with Crippen molar-refractivity contribution in [3.8, 4) is 0 Å². The smallest absolute Gasteiger partial charge is 0.317 e. The lowest BCUT2D eigenvalue weighted by molar-refractivity contribution is -0.683. The van der Waals surface area contributed by atoms with Gasteiger partial charge in [-0.3, -0.25) is 4.79 Å². The molecule has 1 aliphatic carbocycles. The molecule has 0 unspecified atom stereocenters. The van der Waals surface area contributed by atoms with Gasteiger partial charge in [-0.25, -0.2) is 9.55 Å². The van der Waals surface area contributed by atoms with Crippen molar-refractivity contribution >= 4 is 28.7 Å². The number of rotatable bonds is 4. The molecule has 3 rings (SSSR count). The van der Waals surface area contributed by atoms with Crippen molar-refractivity contribution in [1.82, 2.24) is 10.3 Å². The van der Waals surface area contributed by atoms with E-state index in [0.717, 1.165) is 29.0 Å². The molecule has 0 atom stereocenters. The van der Waals surface area contributed by atoms with Crippen molar-refractivity contribution in [3.05, 3.63) is 24.3 Å². The van der Waals surface area contributed by atoms with Crippen LogP contribution in [0.2, 0.25) is 0 Å². The lowest BCUT2D eigenvalue weighted by Crippen LogP contribution is -2.37. The molecule has 0 radical (unpaired) electrons. The van der Waals surface area contributed by atoms with E-state index in [1.807, 2.05) is 19.2 Å². The van der Waals surface area contributed by atoms with Crippen LogP contribution in [0.1, 0.15) is 32.1 Å². The largest absolute Gasteiger partial charge is 0.353 e. The Morgan fingerprint density at radius 2 is 2.10 bits per heavy atom. The summed E-state index contributed by atoms with van der Waals surface area (Å²) in [5.41, 5.74) is 2.27. The first-order valence-corrected chi connectivity index (χ1v) is 8.61. The zero-order valence-electron chi connectivity index (χ0n) is 12.4. The van der Waals surface area contributed by atoms with Crippen LogP contribution < -0.4 is 9.88 Å². The average molecular weight is 304 g/mol. The molecular formula is C16H22N3OS+. The number of H-pyrrole nitrogens is 1. The fourth-order valence-electron chi connectivity index (χ4n) is 2.96. The predicted molar refractivity (Wildman–Crippen MR) is 85.2 cm³/mol. The lowest BCUT2D eigenvalue weighted by atomic mass is 9.95. The van der Waals surface area contributed by atoms with Crippen molar-refractivity contribution in [1.29, 1.82) is 0 Å². The van der Waals surface area contributed by atoms with E-state index in [-0.39, 0.29) is 5.91 Å². The number of fused-ring (bicyclic) bond motifs is 1. The number of carbonyl (C=O) groups is 1. The summed E-state index contributed by atoms with van der Waals surface area (Å²) >= 11 is 1.56. The third kappa shape index (κ3) is 3.40. The number of aromatic nitrogens is 2. The summed E-state index contributed by atoms with van der Waals surface area (Å²) in [5, 5.41) is 4.18. The minimum atomic E-state index is 0.144. The number of para-hydroxylation sites is 2. The molecule has 1 aliphatic rings. The summed E-state index contributed by atoms with van der Waals surface area (Å²) < 4.78 is 2.11. The number of benzene rings is 1. The van der Waals surface area contributed by atoms with Crippen LogP contribution in [0, 0.1) is 0 Å². The molecular weight excluding hydrogens is 282 g/mol. The van der Waals surface area contributed by atoms with E-state index in [1.54, 1.807) is 11.8 Å². The van der Waals surface area contributed by atoms with Crippen LogP contribution >= 0.6 is 11.8 Å². The normalized spacial score (nSPS) is 16.2. The Balaban J connectivity index is 1.58. The molecule has 5 heteroatoms. The quantitative estimate of drug-likeness (QED) is 0.673. The minimum Gasteiger partial charge on any atom is -0.353 e. The zero-order chi connectivity index (χ0) is 14.7. The molecule has 2 N–H and O–H groups in total. The molecule has 0 spiro atoms. The van der Waals surface area contributed by atoms with Crippen molar-refractivity contribution < 1.29 is 9.36 Å². The first-order chi connectivity index (χ1) is 10.2. The predicted octanol–water partition coefficient (Wildman–Crippen LogP) is 2.53. The van der Waals surface area contributed by atoms with E-state index in [4.69, 9.17) is 0 Å². The molecule has 0 bridgehead atoms. The van der Waals surface area contributed by atoms with Gasteiger partial charge >= 0.3 is 5.16 Å². The molecule has 1 heterocycles. The van der Waals surface area contributed by atoms with E-state index in [9.17, 15) is 4.79 Å². The summed E-state index contributed by atoms with van der Waals surface area (Å²) in [6.07, 6.45) is 6.07. The number of carbonyl (C=O) groups excluding carboxylic acids is 1. The van der Waals surface area contributed by atoms with Crippen LogP contribution in [0.25, 0.3) is 11.0 Å². The molecule has 1 aromatic heterocycles. The molecule has 1 amide bonds. The molecule has 1 aromatic carbocycles. The maximum atomic E-state index is 12.1. The summed E-state index contributed by atoms with van der Waals surface area (Å²) in [5.74, 6) is 0.613. The molecule has 1 saturated carbocycles. The van der Waals surface area contributed by atoms with Crippen LogP contribution in [0.3, 0.4) is 0 Å². The zero-order valence-corrected chi connectivity index (χ0v) is 13.2. The summed E-state index contributed by atoms with van der Waals surface area (Å²) in [4.78, 5) is 15.4. The molecule has 1 fully saturated rings. The van der Waals surface area contributed by atoms with E-state index >= 15 is 0 Å². The summed E-state index contributed by atoms with van der Waals surface area (Å²) in [7, 11) is 2.03. The SMILES string of the molecule is C[n+]1c(SCC(=O)NC2CCCCC2)[nH]c2ccccc21. The number of hydrogen-bond donors (Lipinski definition) is 2. The monoisotopic (exact) mass is 304 g/mol. The van der Waals surface area contributed by atoms with Crippen molar-refractivity contribution in [3.63, 3.8) is 0 Å². The second kappa shape index (κ2) is 6.52. The van der Waals surface area contributed by atoms with Gasteiger partial charge in [-0.2, -0.15) is 0 Å². The second-order valence-electron chi connectivity index (χ2n) is 5.70. The van der Waals surface area contributed by atoms with Gasteiger partial charge < -0.3 is 5.32 Å².